The number of rotatable bonds is 5. The average Bonchev–Trinajstić information content (AvgIpc) is 2.81. The van der Waals surface area contributed by atoms with Gasteiger partial charge in [-0.15, -0.1) is 0 Å². The van der Waals surface area contributed by atoms with E-state index in [2.05, 4.69) is 31.6 Å². The summed E-state index contributed by atoms with van der Waals surface area (Å²) in [5.41, 5.74) is 1.09. The van der Waals surface area contributed by atoms with E-state index in [4.69, 9.17) is 0 Å². The lowest BCUT2D eigenvalue weighted by atomic mass is 10.3. The van der Waals surface area contributed by atoms with Crippen molar-refractivity contribution in [1.82, 2.24) is 24.6 Å². The minimum Gasteiger partial charge on any atom is -0.313 e. The van der Waals surface area contributed by atoms with Crippen LogP contribution in [0.5, 0.6) is 0 Å². The SMILES string of the molecule is CCNCc1cnc(Sc2ncns2)nc1. The molecule has 0 aliphatic carbocycles. The van der Waals surface area contributed by atoms with Crippen LogP contribution in [0.1, 0.15) is 12.5 Å². The molecule has 2 heterocycles. The molecular formula is C9H11N5S2. The summed E-state index contributed by atoms with van der Waals surface area (Å²) in [5, 5.41) is 3.93. The van der Waals surface area contributed by atoms with Crippen molar-refractivity contribution in [3.05, 3.63) is 24.3 Å². The molecule has 0 atom stereocenters. The zero-order valence-electron chi connectivity index (χ0n) is 8.75. The molecule has 0 aliphatic rings. The van der Waals surface area contributed by atoms with E-state index in [0.717, 1.165) is 23.0 Å². The Kier molecular flexibility index (Phi) is 4.20. The molecule has 0 bridgehead atoms. The maximum Gasteiger partial charge on any atom is 0.194 e. The Hall–Kier alpha value is -1.05. The number of aromatic nitrogens is 4. The molecular weight excluding hydrogens is 242 g/mol. The monoisotopic (exact) mass is 253 g/mol. The second kappa shape index (κ2) is 5.88. The molecule has 7 heteroatoms. The Labute approximate surface area is 102 Å². The van der Waals surface area contributed by atoms with Crippen LogP contribution in [0, 0.1) is 0 Å². The fourth-order valence-corrected chi connectivity index (χ4v) is 2.29. The highest BCUT2D eigenvalue weighted by atomic mass is 32.2. The Balaban J connectivity index is 1.96. The first-order valence-electron chi connectivity index (χ1n) is 4.84. The molecule has 2 aromatic heterocycles. The first kappa shape index (κ1) is 11.4. The van der Waals surface area contributed by atoms with Gasteiger partial charge in [0.1, 0.15) is 6.33 Å². The summed E-state index contributed by atoms with van der Waals surface area (Å²) in [4.78, 5) is 12.6. The number of nitrogens with zero attached hydrogens (tertiary/aromatic N) is 4. The van der Waals surface area contributed by atoms with Crippen LogP contribution in [-0.2, 0) is 6.54 Å². The summed E-state index contributed by atoms with van der Waals surface area (Å²) in [6.45, 7) is 3.82. The van der Waals surface area contributed by atoms with Crippen LogP contribution in [0.25, 0.3) is 0 Å². The molecule has 2 aromatic rings. The minimum absolute atomic E-state index is 0.706. The van der Waals surface area contributed by atoms with Crippen LogP contribution >= 0.6 is 23.3 Å². The van der Waals surface area contributed by atoms with Gasteiger partial charge in [0, 0.05) is 24.5 Å². The van der Waals surface area contributed by atoms with Gasteiger partial charge in [-0.2, -0.15) is 4.37 Å². The van der Waals surface area contributed by atoms with Crippen molar-refractivity contribution in [2.24, 2.45) is 0 Å². The van der Waals surface area contributed by atoms with E-state index in [1.807, 2.05) is 12.4 Å². The normalized spacial score (nSPS) is 10.6. The molecule has 0 spiro atoms. The van der Waals surface area contributed by atoms with Gasteiger partial charge in [-0.1, -0.05) is 6.92 Å². The van der Waals surface area contributed by atoms with E-state index >= 15 is 0 Å². The zero-order valence-corrected chi connectivity index (χ0v) is 10.4. The smallest absolute Gasteiger partial charge is 0.194 e. The van der Waals surface area contributed by atoms with Crippen molar-refractivity contribution in [1.29, 1.82) is 0 Å². The van der Waals surface area contributed by atoms with Gasteiger partial charge < -0.3 is 5.32 Å². The highest BCUT2D eigenvalue weighted by Crippen LogP contribution is 2.24. The lowest BCUT2D eigenvalue weighted by molar-refractivity contribution is 0.716. The van der Waals surface area contributed by atoms with E-state index in [1.54, 1.807) is 0 Å². The topological polar surface area (TPSA) is 63.6 Å². The van der Waals surface area contributed by atoms with Crippen LogP contribution in [-0.4, -0.2) is 25.9 Å². The van der Waals surface area contributed by atoms with Crippen molar-refractivity contribution >= 4 is 23.3 Å². The van der Waals surface area contributed by atoms with Crippen LogP contribution in [0.3, 0.4) is 0 Å². The summed E-state index contributed by atoms with van der Waals surface area (Å²) in [7, 11) is 0. The lowest BCUT2D eigenvalue weighted by Gasteiger charge is -2.01. The van der Waals surface area contributed by atoms with E-state index in [-0.39, 0.29) is 0 Å². The van der Waals surface area contributed by atoms with Gasteiger partial charge in [-0.05, 0) is 29.8 Å². The third kappa shape index (κ3) is 3.22. The van der Waals surface area contributed by atoms with Crippen LogP contribution in [0.15, 0.2) is 28.2 Å². The van der Waals surface area contributed by atoms with Crippen LogP contribution < -0.4 is 5.32 Å². The predicted molar refractivity (Wildman–Crippen MR) is 63.4 cm³/mol. The maximum atomic E-state index is 4.26. The van der Waals surface area contributed by atoms with Crippen LogP contribution in [0.4, 0.5) is 0 Å². The minimum atomic E-state index is 0.706. The second-order valence-corrected chi connectivity index (χ2v) is 4.96. The molecule has 1 N–H and O–H groups in total. The molecule has 0 saturated heterocycles. The Morgan fingerprint density at radius 2 is 2.12 bits per heavy atom. The number of hydrogen-bond acceptors (Lipinski definition) is 7. The fourth-order valence-electron chi connectivity index (χ4n) is 1.04. The molecule has 0 aromatic carbocycles. The lowest BCUT2D eigenvalue weighted by Crippen LogP contribution is -2.12. The molecule has 0 saturated carbocycles. The van der Waals surface area contributed by atoms with E-state index < -0.39 is 0 Å². The first-order valence-corrected chi connectivity index (χ1v) is 6.43. The highest BCUT2D eigenvalue weighted by Gasteiger charge is 2.03. The molecule has 5 nitrogen and oxygen atoms in total. The van der Waals surface area contributed by atoms with Crippen molar-refractivity contribution in [2.45, 2.75) is 23.0 Å². The van der Waals surface area contributed by atoms with Gasteiger partial charge in [0.15, 0.2) is 9.50 Å². The fraction of sp³-hybridized carbons (Fsp3) is 0.333. The van der Waals surface area contributed by atoms with Crippen molar-refractivity contribution in [3.63, 3.8) is 0 Å². The van der Waals surface area contributed by atoms with Gasteiger partial charge in [0.2, 0.25) is 0 Å². The van der Waals surface area contributed by atoms with E-state index in [9.17, 15) is 0 Å². The van der Waals surface area contributed by atoms with Gasteiger partial charge in [0.05, 0.1) is 0 Å². The zero-order chi connectivity index (χ0) is 11.2. The summed E-state index contributed by atoms with van der Waals surface area (Å²) >= 11 is 2.77. The molecule has 2 rings (SSSR count). The summed E-state index contributed by atoms with van der Waals surface area (Å²) in [5.74, 6) is 0. The Bertz CT molecular complexity index is 414. The van der Waals surface area contributed by atoms with Gasteiger partial charge in [-0.25, -0.2) is 15.0 Å². The van der Waals surface area contributed by atoms with Crippen molar-refractivity contribution in [3.8, 4) is 0 Å². The molecule has 0 fully saturated rings. The van der Waals surface area contributed by atoms with E-state index in [1.165, 1.54) is 29.6 Å². The maximum absolute atomic E-state index is 4.26. The average molecular weight is 253 g/mol. The van der Waals surface area contributed by atoms with Gasteiger partial charge in [0.25, 0.3) is 0 Å². The standard InChI is InChI=1S/C9H11N5S2/c1-2-10-3-7-4-11-8(12-5-7)15-9-13-6-14-16-9/h4-6,10H,2-3H2,1H3. The quantitative estimate of drug-likeness (QED) is 0.816. The molecule has 0 unspecified atom stereocenters. The number of nitrogens with one attached hydrogen (secondary N) is 1. The van der Waals surface area contributed by atoms with Crippen LogP contribution in [0.2, 0.25) is 0 Å². The van der Waals surface area contributed by atoms with Crippen molar-refractivity contribution < 1.29 is 0 Å². The van der Waals surface area contributed by atoms with Gasteiger partial charge in [-0.3, -0.25) is 0 Å². The summed E-state index contributed by atoms with van der Waals surface area (Å²) < 4.78 is 4.78. The third-order valence-corrected chi connectivity index (χ3v) is 3.39. The molecule has 0 amide bonds. The highest BCUT2D eigenvalue weighted by molar-refractivity contribution is 8.00. The van der Waals surface area contributed by atoms with E-state index in [0.29, 0.717) is 5.16 Å². The third-order valence-electron chi connectivity index (χ3n) is 1.78. The second-order valence-electron chi connectivity index (χ2n) is 2.96. The van der Waals surface area contributed by atoms with Crippen molar-refractivity contribution in [2.75, 3.05) is 6.54 Å². The molecule has 84 valence electrons. The summed E-state index contributed by atoms with van der Waals surface area (Å²) in [6.07, 6.45) is 5.20. The summed E-state index contributed by atoms with van der Waals surface area (Å²) in [6, 6.07) is 0. The predicted octanol–water partition coefficient (Wildman–Crippen LogP) is 1.59. The number of hydrogen-bond donors (Lipinski definition) is 1. The first-order chi connectivity index (χ1) is 7.88. The Morgan fingerprint density at radius 3 is 2.75 bits per heavy atom. The van der Waals surface area contributed by atoms with Gasteiger partial charge >= 0.3 is 0 Å². The Morgan fingerprint density at radius 1 is 1.31 bits per heavy atom. The largest absolute Gasteiger partial charge is 0.313 e. The molecule has 16 heavy (non-hydrogen) atoms. The molecule has 0 aliphatic heterocycles. The molecule has 0 radical (unpaired) electrons.